The van der Waals surface area contributed by atoms with Crippen LogP contribution in [0.25, 0.3) is 0 Å². The molecule has 0 spiro atoms. The lowest BCUT2D eigenvalue weighted by molar-refractivity contribution is 0.324. The van der Waals surface area contributed by atoms with E-state index >= 15 is 0 Å². The monoisotopic (exact) mass is 350 g/mol. The summed E-state index contributed by atoms with van der Waals surface area (Å²) in [5.41, 5.74) is 0. The van der Waals surface area contributed by atoms with E-state index in [4.69, 9.17) is 27.6 Å². The number of halogens is 2. The Morgan fingerprint density at radius 2 is 0.864 bits per heavy atom. The Labute approximate surface area is 149 Å². The zero-order valence-corrected chi connectivity index (χ0v) is 16.3. The zero-order chi connectivity index (χ0) is 16.3. The van der Waals surface area contributed by atoms with Gasteiger partial charge in [-0.1, -0.05) is 103 Å². The maximum Gasteiger partial charge on any atom is 0.508 e. The van der Waals surface area contributed by atoms with Crippen molar-refractivity contribution in [2.24, 2.45) is 0 Å². The fourth-order valence-corrected chi connectivity index (χ4v) is 3.00. The molecule has 0 heterocycles. The lowest BCUT2D eigenvalue weighted by atomic mass is 10.0. The van der Waals surface area contributed by atoms with Gasteiger partial charge in [0.25, 0.3) is 0 Å². The van der Waals surface area contributed by atoms with Gasteiger partial charge in [-0.3, -0.25) is 0 Å². The van der Waals surface area contributed by atoms with Gasteiger partial charge in [-0.25, -0.2) is 0 Å². The first-order valence-corrected chi connectivity index (χ1v) is 10.5. The van der Waals surface area contributed by atoms with Crippen molar-refractivity contribution in [3.05, 3.63) is 0 Å². The van der Waals surface area contributed by atoms with Crippen LogP contribution in [0.2, 0.25) is 0 Å². The summed E-state index contributed by atoms with van der Waals surface area (Å²) in [4.78, 5) is 0. The van der Waals surface area contributed by atoms with Crippen molar-refractivity contribution in [3.63, 3.8) is 0 Å². The third-order valence-corrected chi connectivity index (χ3v) is 4.49. The maximum absolute atomic E-state index is 5.49. The molecule has 0 saturated carbocycles. The molecule has 132 valence electrons. The molecule has 0 saturated heterocycles. The highest BCUT2D eigenvalue weighted by atomic mass is 35.5. The summed E-state index contributed by atoms with van der Waals surface area (Å²) in [7, 11) is 0. The molecule has 0 bridgehead atoms. The molecule has 0 radical (unpaired) electrons. The summed E-state index contributed by atoms with van der Waals surface area (Å²) >= 11 is 11.0. The van der Waals surface area contributed by atoms with Crippen LogP contribution in [0.3, 0.4) is 0 Å². The molecule has 0 unspecified atom stereocenters. The largest absolute Gasteiger partial charge is 0.508 e. The Morgan fingerprint density at radius 3 is 1.18 bits per heavy atom. The maximum atomic E-state index is 5.49. The van der Waals surface area contributed by atoms with Gasteiger partial charge < -0.3 is 4.65 Å². The van der Waals surface area contributed by atoms with Crippen LogP contribution < -0.4 is 0 Å². The molecular formula is C18H37BCl2O. The van der Waals surface area contributed by atoms with Gasteiger partial charge in [0.1, 0.15) is 0 Å². The van der Waals surface area contributed by atoms with E-state index in [1.807, 2.05) is 0 Å². The molecule has 0 aliphatic heterocycles. The summed E-state index contributed by atoms with van der Waals surface area (Å²) in [5, 5.41) is 0. The van der Waals surface area contributed by atoms with Crippen LogP contribution in [-0.2, 0) is 4.65 Å². The van der Waals surface area contributed by atoms with Crippen molar-refractivity contribution >= 4 is 28.7 Å². The second-order valence-electron chi connectivity index (χ2n) is 6.43. The molecule has 0 aromatic rings. The number of hydrogen-bond acceptors (Lipinski definition) is 1. The van der Waals surface area contributed by atoms with Crippen LogP contribution in [0.5, 0.6) is 0 Å². The van der Waals surface area contributed by atoms with E-state index in [-0.39, 0.29) is 0 Å². The molecule has 0 atom stereocenters. The van der Waals surface area contributed by atoms with Gasteiger partial charge in [-0.15, -0.1) is 22.9 Å². The van der Waals surface area contributed by atoms with E-state index in [1.54, 1.807) is 0 Å². The van der Waals surface area contributed by atoms with Gasteiger partial charge >= 0.3 is 5.75 Å². The van der Waals surface area contributed by atoms with Crippen LogP contribution in [0.1, 0.15) is 110 Å². The average Bonchev–Trinajstić information content (AvgIpc) is 2.50. The standard InChI is InChI=1S/C18H37BCl2O/c1-2-3-4-5-6-7-8-9-10-11-12-13-14-15-16-17-18-22-19(20)21/h2-18H2,1H3. The highest BCUT2D eigenvalue weighted by molar-refractivity contribution is 7.30. The molecule has 0 aromatic carbocycles. The summed E-state index contributed by atoms with van der Waals surface area (Å²) in [6.07, 6.45) is 22.2. The minimum absolute atomic E-state index is 0.656. The first kappa shape index (κ1) is 22.6. The summed E-state index contributed by atoms with van der Waals surface area (Å²) < 4.78 is 5.09. The van der Waals surface area contributed by atoms with E-state index in [0.29, 0.717) is 6.61 Å². The van der Waals surface area contributed by atoms with E-state index in [0.717, 1.165) is 6.42 Å². The first-order chi connectivity index (χ1) is 10.8. The van der Waals surface area contributed by atoms with Crippen LogP contribution >= 0.6 is 22.9 Å². The van der Waals surface area contributed by atoms with Crippen molar-refractivity contribution in [1.82, 2.24) is 0 Å². The van der Waals surface area contributed by atoms with E-state index in [1.165, 1.54) is 96.3 Å². The Balaban J connectivity index is 2.94. The minimum atomic E-state index is -0.656. The smallest absolute Gasteiger partial charge is 0.409 e. The van der Waals surface area contributed by atoms with Crippen molar-refractivity contribution < 1.29 is 4.65 Å². The first-order valence-electron chi connectivity index (χ1n) is 9.67. The molecular weight excluding hydrogens is 314 g/mol. The lowest BCUT2D eigenvalue weighted by Gasteiger charge is -2.04. The molecule has 0 N–H and O–H groups in total. The SMILES string of the molecule is CCCCCCCCCCCCCCCCCCOB(Cl)Cl. The van der Waals surface area contributed by atoms with Gasteiger partial charge in [0.2, 0.25) is 0 Å². The van der Waals surface area contributed by atoms with Crippen LogP contribution in [-0.4, -0.2) is 12.4 Å². The van der Waals surface area contributed by atoms with Crippen molar-refractivity contribution in [2.45, 2.75) is 110 Å². The summed E-state index contributed by atoms with van der Waals surface area (Å²) in [6, 6.07) is 0. The molecule has 0 aromatic heterocycles. The number of hydrogen-bond donors (Lipinski definition) is 0. The van der Waals surface area contributed by atoms with Crippen LogP contribution in [0.4, 0.5) is 0 Å². The fourth-order valence-electron chi connectivity index (χ4n) is 2.82. The van der Waals surface area contributed by atoms with E-state index in [9.17, 15) is 0 Å². The molecule has 22 heavy (non-hydrogen) atoms. The van der Waals surface area contributed by atoms with Crippen molar-refractivity contribution in [3.8, 4) is 0 Å². The topological polar surface area (TPSA) is 9.23 Å². The molecule has 0 amide bonds. The third kappa shape index (κ3) is 20.6. The average molecular weight is 351 g/mol. The summed E-state index contributed by atoms with van der Waals surface area (Å²) in [6.45, 7) is 2.97. The zero-order valence-electron chi connectivity index (χ0n) is 14.8. The molecule has 1 nitrogen and oxygen atoms in total. The Morgan fingerprint density at radius 1 is 0.545 bits per heavy atom. The van der Waals surface area contributed by atoms with E-state index < -0.39 is 5.75 Å². The second kappa shape index (κ2) is 19.7. The van der Waals surface area contributed by atoms with Crippen LogP contribution in [0, 0.1) is 0 Å². The van der Waals surface area contributed by atoms with Crippen LogP contribution in [0.15, 0.2) is 0 Å². The second-order valence-corrected chi connectivity index (χ2v) is 7.45. The number of unbranched alkanes of at least 4 members (excludes halogenated alkanes) is 15. The van der Waals surface area contributed by atoms with Gasteiger partial charge in [0.05, 0.1) is 0 Å². The Bertz CT molecular complexity index is 204. The Kier molecular flexibility index (Phi) is 20.2. The molecule has 0 fully saturated rings. The van der Waals surface area contributed by atoms with Gasteiger partial charge in [0, 0.05) is 6.61 Å². The predicted octanol–water partition coefficient (Wildman–Crippen LogP) is 7.73. The predicted molar refractivity (Wildman–Crippen MR) is 103 cm³/mol. The lowest BCUT2D eigenvalue weighted by Crippen LogP contribution is -2.03. The van der Waals surface area contributed by atoms with Crippen molar-refractivity contribution in [1.29, 1.82) is 0 Å². The summed E-state index contributed by atoms with van der Waals surface area (Å²) in [5.74, 6) is -0.656. The van der Waals surface area contributed by atoms with Gasteiger partial charge in [-0.05, 0) is 6.42 Å². The Hall–Kier alpha value is 0.605. The molecule has 4 heteroatoms. The van der Waals surface area contributed by atoms with Crippen molar-refractivity contribution in [2.75, 3.05) is 6.61 Å². The van der Waals surface area contributed by atoms with E-state index in [2.05, 4.69) is 6.92 Å². The molecule has 0 aliphatic rings. The third-order valence-electron chi connectivity index (χ3n) is 4.24. The van der Waals surface area contributed by atoms with Gasteiger partial charge in [-0.2, -0.15) is 0 Å². The molecule has 0 aliphatic carbocycles. The fraction of sp³-hybridized carbons (Fsp3) is 1.00. The quantitative estimate of drug-likeness (QED) is 0.181. The minimum Gasteiger partial charge on any atom is -0.409 e. The highest BCUT2D eigenvalue weighted by Crippen LogP contribution is 2.13. The van der Waals surface area contributed by atoms with Gasteiger partial charge in [0.15, 0.2) is 0 Å². The normalized spacial score (nSPS) is 11.0. The highest BCUT2D eigenvalue weighted by Gasteiger charge is 2.04. The molecule has 0 rings (SSSR count). The number of rotatable bonds is 18.